The van der Waals surface area contributed by atoms with Gasteiger partial charge in [-0.05, 0) is 68.4 Å². The molecule has 0 saturated heterocycles. The summed E-state index contributed by atoms with van der Waals surface area (Å²) in [4.78, 5) is 18.2. The number of pyridine rings is 1. The molecule has 4 heteroatoms. The fourth-order valence-electron chi connectivity index (χ4n) is 6.57. The van der Waals surface area contributed by atoms with Gasteiger partial charge in [-0.1, -0.05) is 36.4 Å². The molecule has 4 bridgehead atoms. The van der Waals surface area contributed by atoms with E-state index in [-0.39, 0.29) is 11.4 Å². The summed E-state index contributed by atoms with van der Waals surface area (Å²) < 4.78 is 1.94. The van der Waals surface area contributed by atoms with E-state index in [0.29, 0.717) is 5.82 Å². The normalized spacial score (nSPS) is 30.6. The van der Waals surface area contributed by atoms with E-state index in [1.54, 1.807) is 0 Å². The van der Waals surface area contributed by atoms with Crippen LogP contribution in [0.25, 0.3) is 16.8 Å². The molecule has 0 radical (unpaired) electrons. The SMILES string of the molecule is O=C(NC12CC3CC(CC(C3)C1)C2)c1nc(-c2ccccc2)c2ccccn12. The molecule has 0 spiro atoms. The van der Waals surface area contributed by atoms with Crippen LogP contribution in [0.3, 0.4) is 0 Å². The smallest absolute Gasteiger partial charge is 0.288 e. The molecular weight excluding hydrogens is 346 g/mol. The van der Waals surface area contributed by atoms with Crippen molar-refractivity contribution < 1.29 is 4.79 Å². The Morgan fingerprint density at radius 3 is 2.25 bits per heavy atom. The van der Waals surface area contributed by atoms with E-state index in [0.717, 1.165) is 53.8 Å². The van der Waals surface area contributed by atoms with Crippen LogP contribution < -0.4 is 5.32 Å². The van der Waals surface area contributed by atoms with E-state index in [1.807, 2.05) is 47.0 Å². The molecule has 4 saturated carbocycles. The number of carbonyl (C=O) groups excluding carboxylic acids is 1. The number of hydrogen-bond donors (Lipinski definition) is 1. The topological polar surface area (TPSA) is 46.4 Å². The van der Waals surface area contributed by atoms with Crippen molar-refractivity contribution in [2.45, 2.75) is 44.1 Å². The number of hydrogen-bond acceptors (Lipinski definition) is 2. The lowest BCUT2D eigenvalue weighted by Crippen LogP contribution is -2.60. The maximum Gasteiger partial charge on any atom is 0.288 e. The van der Waals surface area contributed by atoms with Crippen molar-refractivity contribution in [2.75, 3.05) is 0 Å². The Bertz CT molecular complexity index is 1020. The molecule has 0 aliphatic heterocycles. The van der Waals surface area contributed by atoms with Crippen LogP contribution in [-0.2, 0) is 0 Å². The van der Waals surface area contributed by atoms with Crippen LogP contribution in [0, 0.1) is 17.8 Å². The highest BCUT2D eigenvalue weighted by atomic mass is 16.2. The van der Waals surface area contributed by atoms with E-state index in [4.69, 9.17) is 4.98 Å². The first-order chi connectivity index (χ1) is 13.7. The van der Waals surface area contributed by atoms with Gasteiger partial charge in [-0.15, -0.1) is 0 Å². The van der Waals surface area contributed by atoms with Gasteiger partial charge in [0.15, 0.2) is 0 Å². The number of fused-ring (bicyclic) bond motifs is 1. The van der Waals surface area contributed by atoms with Gasteiger partial charge in [0, 0.05) is 17.3 Å². The molecule has 4 aliphatic rings. The summed E-state index contributed by atoms with van der Waals surface area (Å²) in [7, 11) is 0. The zero-order valence-corrected chi connectivity index (χ0v) is 16.0. The molecule has 2 heterocycles. The molecule has 4 aliphatic carbocycles. The Kier molecular flexibility index (Phi) is 3.47. The Balaban J connectivity index is 1.38. The fraction of sp³-hybridized carbons (Fsp3) is 0.417. The van der Waals surface area contributed by atoms with E-state index in [2.05, 4.69) is 17.4 Å². The van der Waals surface area contributed by atoms with Crippen molar-refractivity contribution in [1.82, 2.24) is 14.7 Å². The maximum absolute atomic E-state index is 13.4. The van der Waals surface area contributed by atoms with Crippen molar-refractivity contribution in [3.8, 4) is 11.3 Å². The van der Waals surface area contributed by atoms with Crippen molar-refractivity contribution in [2.24, 2.45) is 17.8 Å². The van der Waals surface area contributed by atoms with Crippen molar-refractivity contribution in [1.29, 1.82) is 0 Å². The van der Waals surface area contributed by atoms with Crippen molar-refractivity contribution in [3.63, 3.8) is 0 Å². The summed E-state index contributed by atoms with van der Waals surface area (Å²) in [6, 6.07) is 16.1. The summed E-state index contributed by atoms with van der Waals surface area (Å²) in [5.74, 6) is 2.91. The summed E-state index contributed by atoms with van der Waals surface area (Å²) in [6.07, 6.45) is 9.53. The molecule has 0 atom stereocenters. The predicted octanol–water partition coefficient (Wildman–Crippen LogP) is 4.70. The molecule has 0 unspecified atom stereocenters. The number of benzene rings is 1. The van der Waals surface area contributed by atoms with Crippen LogP contribution in [0.2, 0.25) is 0 Å². The minimum atomic E-state index is -0.0228. The third-order valence-electron chi connectivity index (χ3n) is 7.22. The summed E-state index contributed by atoms with van der Waals surface area (Å²) in [5, 5.41) is 3.48. The monoisotopic (exact) mass is 371 g/mol. The fourth-order valence-corrected chi connectivity index (χ4v) is 6.57. The number of aromatic nitrogens is 2. The molecule has 1 N–H and O–H groups in total. The van der Waals surface area contributed by atoms with Crippen molar-refractivity contribution in [3.05, 3.63) is 60.6 Å². The Morgan fingerprint density at radius 2 is 1.57 bits per heavy atom. The van der Waals surface area contributed by atoms with Gasteiger partial charge in [-0.2, -0.15) is 0 Å². The van der Waals surface area contributed by atoms with Gasteiger partial charge in [-0.3, -0.25) is 9.20 Å². The second-order valence-electron chi connectivity index (χ2n) is 9.26. The first-order valence-corrected chi connectivity index (χ1v) is 10.5. The van der Waals surface area contributed by atoms with E-state index in [1.165, 1.54) is 19.3 Å². The molecule has 2 aromatic heterocycles. The van der Waals surface area contributed by atoms with E-state index < -0.39 is 0 Å². The first kappa shape index (κ1) is 16.3. The third-order valence-corrected chi connectivity index (χ3v) is 7.22. The Morgan fingerprint density at radius 1 is 0.929 bits per heavy atom. The molecular formula is C24H25N3O. The standard InChI is InChI=1S/C24H25N3O/c28-23(26-24-13-16-10-17(14-24)12-18(11-16)15-24)22-25-21(19-6-2-1-3-7-19)20-8-4-5-9-27(20)22/h1-9,16-18H,10-15H2,(H,26,28). The maximum atomic E-state index is 13.4. The average Bonchev–Trinajstić information content (AvgIpc) is 3.07. The lowest BCUT2D eigenvalue weighted by molar-refractivity contribution is -0.0168. The molecule has 1 amide bonds. The second kappa shape index (κ2) is 5.94. The zero-order chi connectivity index (χ0) is 18.7. The Hall–Kier alpha value is -2.62. The van der Waals surface area contributed by atoms with Crippen LogP contribution >= 0.6 is 0 Å². The molecule has 1 aromatic carbocycles. The molecule has 3 aromatic rings. The van der Waals surface area contributed by atoms with Crippen LogP contribution in [0.4, 0.5) is 0 Å². The lowest BCUT2D eigenvalue weighted by atomic mass is 9.53. The lowest BCUT2D eigenvalue weighted by Gasteiger charge is -2.56. The van der Waals surface area contributed by atoms with Crippen LogP contribution in [-0.4, -0.2) is 20.8 Å². The number of rotatable bonds is 3. The average molecular weight is 371 g/mol. The molecule has 4 fully saturated rings. The quantitative estimate of drug-likeness (QED) is 0.725. The van der Waals surface area contributed by atoms with E-state index in [9.17, 15) is 4.79 Å². The second-order valence-corrected chi connectivity index (χ2v) is 9.26. The number of imidazole rings is 1. The number of amides is 1. The van der Waals surface area contributed by atoms with Crippen LogP contribution in [0.5, 0.6) is 0 Å². The van der Waals surface area contributed by atoms with Crippen LogP contribution in [0.15, 0.2) is 54.7 Å². The van der Waals surface area contributed by atoms with Gasteiger partial charge >= 0.3 is 0 Å². The highest BCUT2D eigenvalue weighted by molar-refractivity contribution is 5.95. The molecule has 4 nitrogen and oxygen atoms in total. The van der Waals surface area contributed by atoms with E-state index >= 15 is 0 Å². The molecule has 7 rings (SSSR count). The van der Waals surface area contributed by atoms with Crippen molar-refractivity contribution >= 4 is 11.4 Å². The minimum Gasteiger partial charge on any atom is -0.344 e. The highest BCUT2D eigenvalue weighted by Gasteiger charge is 2.51. The van der Waals surface area contributed by atoms with Crippen LogP contribution in [0.1, 0.15) is 49.1 Å². The largest absolute Gasteiger partial charge is 0.344 e. The third kappa shape index (κ3) is 2.50. The first-order valence-electron chi connectivity index (χ1n) is 10.5. The molecule has 142 valence electrons. The highest BCUT2D eigenvalue weighted by Crippen LogP contribution is 2.55. The number of carbonyl (C=O) groups is 1. The van der Waals surface area contributed by atoms with Gasteiger partial charge < -0.3 is 5.32 Å². The van der Waals surface area contributed by atoms with Gasteiger partial charge in [-0.25, -0.2) is 4.98 Å². The number of nitrogens with zero attached hydrogens (tertiary/aromatic N) is 2. The summed E-state index contributed by atoms with van der Waals surface area (Å²) >= 11 is 0. The predicted molar refractivity (Wildman–Crippen MR) is 109 cm³/mol. The van der Waals surface area contributed by atoms with Gasteiger partial charge in [0.1, 0.15) is 0 Å². The molecule has 28 heavy (non-hydrogen) atoms. The minimum absolute atomic E-state index is 0.000638. The van der Waals surface area contributed by atoms with Gasteiger partial charge in [0.2, 0.25) is 5.82 Å². The Labute approximate surface area is 165 Å². The van der Waals surface area contributed by atoms with Gasteiger partial charge in [0.25, 0.3) is 5.91 Å². The number of nitrogens with one attached hydrogen (secondary N) is 1. The van der Waals surface area contributed by atoms with Gasteiger partial charge in [0.05, 0.1) is 11.2 Å². The summed E-state index contributed by atoms with van der Waals surface area (Å²) in [5.41, 5.74) is 2.89. The zero-order valence-electron chi connectivity index (χ0n) is 16.0. The summed E-state index contributed by atoms with van der Waals surface area (Å²) in [6.45, 7) is 0.